The third-order valence-electron chi connectivity index (χ3n) is 1.70. The maximum Gasteiger partial charge on any atom is 0.248 e. The van der Waals surface area contributed by atoms with E-state index < -0.39 is 5.85 Å². The first-order valence-corrected chi connectivity index (χ1v) is 4.12. The SMILES string of the molecule is COC(F)(CCl)c1ccccc1. The van der Waals surface area contributed by atoms with Crippen LogP contribution in [0.3, 0.4) is 0 Å². The molecule has 1 unspecified atom stereocenters. The molecule has 0 fully saturated rings. The fraction of sp³-hybridized carbons (Fsp3) is 0.333. The summed E-state index contributed by atoms with van der Waals surface area (Å²) in [6, 6.07) is 8.59. The van der Waals surface area contributed by atoms with Crippen molar-refractivity contribution in [1.29, 1.82) is 0 Å². The minimum Gasteiger partial charge on any atom is -0.345 e. The smallest absolute Gasteiger partial charge is 0.248 e. The maximum absolute atomic E-state index is 13.6. The van der Waals surface area contributed by atoms with E-state index in [-0.39, 0.29) is 5.88 Å². The van der Waals surface area contributed by atoms with Crippen LogP contribution < -0.4 is 0 Å². The average molecular weight is 189 g/mol. The first-order chi connectivity index (χ1) is 5.73. The van der Waals surface area contributed by atoms with E-state index in [1.54, 1.807) is 24.3 Å². The fourth-order valence-corrected chi connectivity index (χ4v) is 1.20. The fourth-order valence-electron chi connectivity index (χ4n) is 0.937. The zero-order valence-electron chi connectivity index (χ0n) is 6.76. The molecule has 1 aromatic carbocycles. The van der Waals surface area contributed by atoms with Crippen molar-refractivity contribution in [2.75, 3.05) is 13.0 Å². The van der Waals surface area contributed by atoms with E-state index in [1.165, 1.54) is 7.11 Å². The van der Waals surface area contributed by atoms with Crippen LogP contribution in [0.1, 0.15) is 5.56 Å². The Hall–Kier alpha value is -0.600. The van der Waals surface area contributed by atoms with Gasteiger partial charge in [0.2, 0.25) is 5.85 Å². The van der Waals surface area contributed by atoms with Crippen molar-refractivity contribution in [2.45, 2.75) is 5.85 Å². The quantitative estimate of drug-likeness (QED) is 0.663. The molecule has 0 spiro atoms. The maximum atomic E-state index is 13.6. The third kappa shape index (κ3) is 1.76. The number of halogens is 2. The normalized spacial score (nSPS) is 15.6. The number of benzene rings is 1. The zero-order valence-corrected chi connectivity index (χ0v) is 7.51. The molecular weight excluding hydrogens is 179 g/mol. The molecule has 0 N–H and O–H groups in total. The number of ether oxygens (including phenoxy) is 1. The van der Waals surface area contributed by atoms with Gasteiger partial charge in [0.05, 0.1) is 5.88 Å². The van der Waals surface area contributed by atoms with Gasteiger partial charge >= 0.3 is 0 Å². The number of methoxy groups -OCH3 is 1. The molecule has 0 aliphatic carbocycles. The van der Waals surface area contributed by atoms with E-state index in [0.29, 0.717) is 5.56 Å². The minimum absolute atomic E-state index is 0.201. The molecule has 66 valence electrons. The number of rotatable bonds is 3. The Balaban J connectivity index is 2.95. The molecule has 12 heavy (non-hydrogen) atoms. The molecule has 0 saturated heterocycles. The highest BCUT2D eigenvalue weighted by Gasteiger charge is 2.30. The Labute approximate surface area is 76.1 Å². The Morgan fingerprint density at radius 3 is 2.42 bits per heavy atom. The van der Waals surface area contributed by atoms with Gasteiger partial charge in [-0.3, -0.25) is 0 Å². The molecule has 0 aromatic heterocycles. The summed E-state index contributed by atoms with van der Waals surface area (Å²) >= 11 is 5.44. The highest BCUT2D eigenvalue weighted by Crippen LogP contribution is 2.27. The summed E-state index contributed by atoms with van der Waals surface area (Å²) in [5, 5.41) is 0. The van der Waals surface area contributed by atoms with Gasteiger partial charge in [0, 0.05) is 12.7 Å². The monoisotopic (exact) mass is 188 g/mol. The third-order valence-corrected chi connectivity index (χ3v) is 2.04. The minimum atomic E-state index is -1.86. The van der Waals surface area contributed by atoms with Crippen molar-refractivity contribution in [3.05, 3.63) is 35.9 Å². The summed E-state index contributed by atoms with van der Waals surface area (Å²) in [5.41, 5.74) is 0.447. The van der Waals surface area contributed by atoms with Crippen molar-refractivity contribution in [1.82, 2.24) is 0 Å². The Morgan fingerprint density at radius 2 is 2.00 bits per heavy atom. The molecule has 3 heteroatoms. The van der Waals surface area contributed by atoms with Crippen LogP contribution in [0.5, 0.6) is 0 Å². The molecule has 0 aliphatic heterocycles. The molecule has 0 aliphatic rings. The largest absolute Gasteiger partial charge is 0.345 e. The van der Waals surface area contributed by atoms with Gasteiger partial charge in [-0.05, 0) is 0 Å². The molecule has 0 bridgehead atoms. The predicted molar refractivity (Wildman–Crippen MR) is 47.0 cm³/mol. The van der Waals surface area contributed by atoms with Crippen LogP contribution in [-0.4, -0.2) is 13.0 Å². The second-order valence-electron chi connectivity index (χ2n) is 2.43. The first kappa shape index (κ1) is 9.49. The molecule has 0 saturated carbocycles. The van der Waals surface area contributed by atoms with Crippen LogP contribution in [-0.2, 0) is 10.6 Å². The van der Waals surface area contributed by atoms with Gasteiger partial charge < -0.3 is 4.74 Å². The summed E-state index contributed by atoms with van der Waals surface area (Å²) in [7, 11) is 1.30. The van der Waals surface area contributed by atoms with Crippen LogP contribution in [0, 0.1) is 0 Å². The molecule has 1 aromatic rings. The van der Waals surface area contributed by atoms with Gasteiger partial charge in [-0.25, -0.2) is 4.39 Å². The van der Waals surface area contributed by atoms with Crippen LogP contribution in [0.4, 0.5) is 4.39 Å². The van der Waals surface area contributed by atoms with Crippen LogP contribution >= 0.6 is 11.6 Å². The lowest BCUT2D eigenvalue weighted by Crippen LogP contribution is -2.24. The highest BCUT2D eigenvalue weighted by atomic mass is 35.5. The van der Waals surface area contributed by atoms with Crippen LogP contribution in [0.15, 0.2) is 30.3 Å². The van der Waals surface area contributed by atoms with Gasteiger partial charge in [-0.2, -0.15) is 0 Å². The van der Waals surface area contributed by atoms with E-state index in [0.717, 1.165) is 0 Å². The topological polar surface area (TPSA) is 9.23 Å². The van der Waals surface area contributed by atoms with Crippen LogP contribution in [0.25, 0.3) is 0 Å². The van der Waals surface area contributed by atoms with Crippen molar-refractivity contribution in [3.8, 4) is 0 Å². The number of hydrogen-bond acceptors (Lipinski definition) is 1. The second-order valence-corrected chi connectivity index (χ2v) is 2.70. The van der Waals surface area contributed by atoms with E-state index in [1.807, 2.05) is 6.07 Å². The first-order valence-electron chi connectivity index (χ1n) is 3.58. The van der Waals surface area contributed by atoms with Gasteiger partial charge in [0.25, 0.3) is 0 Å². The van der Waals surface area contributed by atoms with Gasteiger partial charge in [0.15, 0.2) is 0 Å². The molecule has 0 amide bonds. The molecule has 1 atom stereocenters. The Kier molecular flexibility index (Phi) is 3.06. The van der Waals surface area contributed by atoms with Crippen LogP contribution in [0.2, 0.25) is 0 Å². The zero-order chi connectivity index (χ0) is 9.03. The predicted octanol–water partition coefficient (Wildman–Crippen LogP) is 2.69. The molecule has 0 heterocycles. The van der Waals surface area contributed by atoms with Crippen molar-refractivity contribution < 1.29 is 9.13 Å². The lowest BCUT2D eigenvalue weighted by molar-refractivity contribution is -0.109. The van der Waals surface area contributed by atoms with Gasteiger partial charge in [0.1, 0.15) is 0 Å². The van der Waals surface area contributed by atoms with E-state index in [2.05, 4.69) is 4.74 Å². The molecule has 1 rings (SSSR count). The van der Waals surface area contributed by atoms with E-state index in [4.69, 9.17) is 11.6 Å². The standard InChI is InChI=1S/C9H10ClFO/c1-12-9(11,7-10)8-5-3-2-4-6-8/h2-6H,7H2,1H3. The van der Waals surface area contributed by atoms with Gasteiger partial charge in [-0.15, -0.1) is 11.6 Å². The lowest BCUT2D eigenvalue weighted by Gasteiger charge is -2.20. The summed E-state index contributed by atoms with van der Waals surface area (Å²) in [6.45, 7) is 0. The summed E-state index contributed by atoms with van der Waals surface area (Å²) < 4.78 is 18.3. The Bertz CT molecular complexity index is 234. The summed E-state index contributed by atoms with van der Waals surface area (Å²) in [6.07, 6.45) is 0. The molecular formula is C9H10ClFO. The Morgan fingerprint density at radius 1 is 1.42 bits per heavy atom. The second kappa shape index (κ2) is 3.87. The van der Waals surface area contributed by atoms with E-state index >= 15 is 0 Å². The molecule has 0 radical (unpaired) electrons. The number of alkyl halides is 2. The van der Waals surface area contributed by atoms with Crippen molar-refractivity contribution in [3.63, 3.8) is 0 Å². The van der Waals surface area contributed by atoms with Gasteiger partial charge in [-0.1, -0.05) is 30.3 Å². The van der Waals surface area contributed by atoms with E-state index in [9.17, 15) is 4.39 Å². The molecule has 1 nitrogen and oxygen atoms in total. The number of hydrogen-bond donors (Lipinski definition) is 0. The van der Waals surface area contributed by atoms with Crippen molar-refractivity contribution >= 4 is 11.6 Å². The lowest BCUT2D eigenvalue weighted by atomic mass is 10.1. The van der Waals surface area contributed by atoms with Crippen molar-refractivity contribution in [2.24, 2.45) is 0 Å². The highest BCUT2D eigenvalue weighted by molar-refractivity contribution is 6.18. The summed E-state index contributed by atoms with van der Waals surface area (Å²) in [5.74, 6) is -2.06. The summed E-state index contributed by atoms with van der Waals surface area (Å²) in [4.78, 5) is 0. The average Bonchev–Trinajstić information content (AvgIpc) is 2.18.